The summed E-state index contributed by atoms with van der Waals surface area (Å²) in [5.41, 5.74) is 9.50. The molecule has 0 heterocycles. The molecule has 1 amide bonds. The first-order valence-corrected chi connectivity index (χ1v) is 7.22. The van der Waals surface area contributed by atoms with Crippen LogP contribution in [0.3, 0.4) is 0 Å². The van der Waals surface area contributed by atoms with Crippen LogP contribution in [0.5, 0.6) is 17.2 Å². The number of hydrogen-bond acceptors (Lipinski definition) is 6. The van der Waals surface area contributed by atoms with Gasteiger partial charge in [0.05, 0.1) is 20.3 Å². The quantitative estimate of drug-likeness (QED) is 0.526. The zero-order valence-electron chi connectivity index (χ0n) is 13.5. The van der Waals surface area contributed by atoms with Gasteiger partial charge in [-0.2, -0.15) is 0 Å². The standard InChI is InChI=1S/C17H20N2O5/c1-22-13-7-8-14(15(9-13)23-2)17(18)11-3-5-12(6-4-11)24-10-16(20)19-21/h3-9,17,21H,10,18H2,1-2H3,(H,19,20). The van der Waals surface area contributed by atoms with E-state index in [4.69, 9.17) is 25.2 Å². The van der Waals surface area contributed by atoms with Gasteiger partial charge in [-0.1, -0.05) is 12.1 Å². The maximum absolute atomic E-state index is 10.9. The van der Waals surface area contributed by atoms with E-state index < -0.39 is 5.91 Å². The molecule has 0 fully saturated rings. The van der Waals surface area contributed by atoms with Gasteiger partial charge >= 0.3 is 0 Å². The number of methoxy groups -OCH3 is 2. The Hall–Kier alpha value is -2.77. The minimum absolute atomic E-state index is 0.270. The Labute approximate surface area is 139 Å². The van der Waals surface area contributed by atoms with Crippen molar-refractivity contribution in [2.45, 2.75) is 6.04 Å². The fourth-order valence-corrected chi connectivity index (χ4v) is 2.21. The van der Waals surface area contributed by atoms with E-state index in [1.807, 2.05) is 12.1 Å². The van der Waals surface area contributed by atoms with Gasteiger partial charge in [0.2, 0.25) is 0 Å². The molecule has 4 N–H and O–H groups in total. The molecule has 0 spiro atoms. The molecule has 0 radical (unpaired) electrons. The Bertz CT molecular complexity index is 688. The van der Waals surface area contributed by atoms with Gasteiger partial charge < -0.3 is 19.9 Å². The molecule has 24 heavy (non-hydrogen) atoms. The van der Waals surface area contributed by atoms with Crippen molar-refractivity contribution >= 4 is 5.91 Å². The number of benzene rings is 2. The summed E-state index contributed by atoms with van der Waals surface area (Å²) in [5.74, 6) is 1.20. The fraction of sp³-hybridized carbons (Fsp3) is 0.235. The van der Waals surface area contributed by atoms with Crippen LogP contribution in [-0.2, 0) is 4.79 Å². The summed E-state index contributed by atoms with van der Waals surface area (Å²) in [6.07, 6.45) is 0. The first-order valence-electron chi connectivity index (χ1n) is 7.22. The van der Waals surface area contributed by atoms with Crippen molar-refractivity contribution < 1.29 is 24.2 Å². The molecule has 2 aromatic rings. The van der Waals surface area contributed by atoms with E-state index in [0.717, 1.165) is 11.1 Å². The first kappa shape index (κ1) is 17.6. The Balaban J connectivity index is 2.15. The second-order valence-corrected chi connectivity index (χ2v) is 4.98. The van der Waals surface area contributed by atoms with E-state index in [9.17, 15) is 4.79 Å². The van der Waals surface area contributed by atoms with Crippen LogP contribution in [0.1, 0.15) is 17.2 Å². The van der Waals surface area contributed by atoms with E-state index in [1.165, 1.54) is 5.48 Å². The van der Waals surface area contributed by atoms with E-state index in [0.29, 0.717) is 17.2 Å². The molecule has 1 atom stereocenters. The molecule has 128 valence electrons. The van der Waals surface area contributed by atoms with Crippen LogP contribution in [0.4, 0.5) is 0 Å². The Kier molecular flexibility index (Phi) is 6.00. The number of rotatable bonds is 7. The van der Waals surface area contributed by atoms with Gasteiger partial charge in [0.25, 0.3) is 5.91 Å². The third-order valence-electron chi connectivity index (χ3n) is 3.51. The van der Waals surface area contributed by atoms with Crippen LogP contribution < -0.4 is 25.4 Å². The third kappa shape index (κ3) is 4.15. The summed E-state index contributed by atoms with van der Waals surface area (Å²) in [7, 11) is 3.16. The monoisotopic (exact) mass is 332 g/mol. The van der Waals surface area contributed by atoms with Crippen LogP contribution in [0.15, 0.2) is 42.5 Å². The highest BCUT2D eigenvalue weighted by Crippen LogP contribution is 2.32. The topological polar surface area (TPSA) is 103 Å². The van der Waals surface area contributed by atoms with Crippen LogP contribution >= 0.6 is 0 Å². The third-order valence-corrected chi connectivity index (χ3v) is 3.51. The zero-order valence-corrected chi connectivity index (χ0v) is 13.5. The van der Waals surface area contributed by atoms with Gasteiger partial charge in [-0.3, -0.25) is 10.0 Å². The number of nitrogens with one attached hydrogen (secondary N) is 1. The van der Waals surface area contributed by atoms with Crippen molar-refractivity contribution in [3.63, 3.8) is 0 Å². The largest absolute Gasteiger partial charge is 0.497 e. The Morgan fingerprint density at radius 3 is 2.38 bits per heavy atom. The molecular formula is C17H20N2O5. The summed E-state index contributed by atoms with van der Waals surface area (Å²) in [4.78, 5) is 10.9. The van der Waals surface area contributed by atoms with Crippen molar-refractivity contribution in [3.05, 3.63) is 53.6 Å². The van der Waals surface area contributed by atoms with Crippen molar-refractivity contribution in [3.8, 4) is 17.2 Å². The molecule has 0 saturated heterocycles. The Morgan fingerprint density at radius 2 is 1.79 bits per heavy atom. The van der Waals surface area contributed by atoms with Gasteiger partial charge in [0.15, 0.2) is 6.61 Å². The molecule has 1 unspecified atom stereocenters. The van der Waals surface area contributed by atoms with Crippen LogP contribution in [0, 0.1) is 0 Å². The van der Waals surface area contributed by atoms with Gasteiger partial charge in [-0.15, -0.1) is 0 Å². The van der Waals surface area contributed by atoms with Crippen LogP contribution in [0.2, 0.25) is 0 Å². The number of amides is 1. The van der Waals surface area contributed by atoms with Crippen LogP contribution in [0.25, 0.3) is 0 Å². The summed E-state index contributed by atoms with van der Waals surface area (Å²) >= 11 is 0. The van der Waals surface area contributed by atoms with Crippen molar-refractivity contribution in [1.29, 1.82) is 0 Å². The first-order chi connectivity index (χ1) is 11.6. The van der Waals surface area contributed by atoms with Gasteiger partial charge in [0.1, 0.15) is 17.2 Å². The van der Waals surface area contributed by atoms with Crippen molar-refractivity contribution in [2.75, 3.05) is 20.8 Å². The lowest BCUT2D eigenvalue weighted by Crippen LogP contribution is -2.25. The maximum Gasteiger partial charge on any atom is 0.281 e. The predicted molar refractivity (Wildman–Crippen MR) is 87.4 cm³/mol. The molecule has 0 aliphatic carbocycles. The van der Waals surface area contributed by atoms with E-state index in [1.54, 1.807) is 44.6 Å². The van der Waals surface area contributed by atoms with Gasteiger partial charge in [-0.25, -0.2) is 5.48 Å². The van der Waals surface area contributed by atoms with Crippen LogP contribution in [-0.4, -0.2) is 31.9 Å². The fourth-order valence-electron chi connectivity index (χ4n) is 2.21. The second kappa shape index (κ2) is 8.19. The van der Waals surface area contributed by atoms with E-state index >= 15 is 0 Å². The van der Waals surface area contributed by atoms with Gasteiger partial charge in [-0.05, 0) is 29.8 Å². The number of ether oxygens (including phenoxy) is 3. The second-order valence-electron chi connectivity index (χ2n) is 4.98. The normalized spacial score (nSPS) is 11.5. The Morgan fingerprint density at radius 1 is 1.12 bits per heavy atom. The lowest BCUT2D eigenvalue weighted by atomic mass is 9.98. The summed E-state index contributed by atoms with van der Waals surface area (Å²) in [5, 5.41) is 8.43. The highest BCUT2D eigenvalue weighted by Gasteiger charge is 2.15. The molecule has 7 heteroatoms. The minimum Gasteiger partial charge on any atom is -0.497 e. The summed E-state index contributed by atoms with van der Waals surface area (Å²) < 4.78 is 15.8. The molecular weight excluding hydrogens is 312 g/mol. The highest BCUT2D eigenvalue weighted by molar-refractivity contribution is 5.76. The molecule has 2 rings (SSSR count). The van der Waals surface area contributed by atoms with Crippen molar-refractivity contribution in [2.24, 2.45) is 5.73 Å². The molecule has 0 saturated carbocycles. The smallest absolute Gasteiger partial charge is 0.281 e. The van der Waals surface area contributed by atoms with E-state index in [-0.39, 0.29) is 12.6 Å². The molecule has 0 aromatic heterocycles. The highest BCUT2D eigenvalue weighted by atomic mass is 16.5. The summed E-state index contributed by atoms with van der Waals surface area (Å²) in [6.45, 7) is -0.270. The minimum atomic E-state index is -0.626. The molecule has 0 bridgehead atoms. The number of hydroxylamine groups is 1. The SMILES string of the molecule is COc1ccc(C(N)c2ccc(OCC(=O)NO)cc2)c(OC)c1. The lowest BCUT2D eigenvalue weighted by molar-refractivity contribution is -0.131. The molecule has 2 aromatic carbocycles. The average molecular weight is 332 g/mol. The number of nitrogens with two attached hydrogens (primary N) is 1. The number of hydrogen-bond donors (Lipinski definition) is 3. The lowest BCUT2D eigenvalue weighted by Gasteiger charge is -2.17. The zero-order chi connectivity index (χ0) is 17.5. The maximum atomic E-state index is 10.9. The number of carbonyl (C=O) groups excluding carboxylic acids is 1. The molecule has 0 aliphatic heterocycles. The summed E-state index contributed by atoms with van der Waals surface area (Å²) in [6, 6.07) is 12.1. The number of carbonyl (C=O) groups is 1. The van der Waals surface area contributed by atoms with E-state index in [2.05, 4.69) is 0 Å². The molecule has 0 aliphatic rings. The average Bonchev–Trinajstić information content (AvgIpc) is 2.65. The molecule has 7 nitrogen and oxygen atoms in total. The predicted octanol–water partition coefficient (Wildman–Crippen LogP) is 1.64. The van der Waals surface area contributed by atoms with Gasteiger partial charge in [0, 0.05) is 11.6 Å². The van der Waals surface area contributed by atoms with Crippen molar-refractivity contribution in [1.82, 2.24) is 5.48 Å².